The maximum atomic E-state index is 9.24. The van der Waals surface area contributed by atoms with Gasteiger partial charge in [0.2, 0.25) is 0 Å². The lowest BCUT2D eigenvalue weighted by molar-refractivity contribution is 0.173. The number of aliphatic hydroxyl groups excluding tert-OH is 1. The molecule has 3 heteroatoms. The van der Waals surface area contributed by atoms with Crippen LogP contribution >= 0.6 is 0 Å². The number of aromatic nitrogens is 1. The summed E-state index contributed by atoms with van der Waals surface area (Å²) in [5, 5.41) is 12.7. The normalized spacial score (nSPS) is 14.2. The van der Waals surface area contributed by atoms with Crippen molar-refractivity contribution in [3.63, 3.8) is 0 Å². The van der Waals surface area contributed by atoms with Crippen LogP contribution in [0.3, 0.4) is 0 Å². The first-order valence-electron chi connectivity index (χ1n) is 5.44. The van der Waals surface area contributed by atoms with Gasteiger partial charge in [0.25, 0.3) is 0 Å². The monoisotopic (exact) mass is 210 g/mol. The highest BCUT2D eigenvalue weighted by atomic mass is 16.3. The summed E-state index contributed by atoms with van der Waals surface area (Å²) in [6.45, 7) is 9.79. The van der Waals surface area contributed by atoms with Gasteiger partial charge in [-0.3, -0.25) is 0 Å². The molecule has 1 atom stereocenters. The van der Waals surface area contributed by atoms with Crippen molar-refractivity contribution in [2.75, 3.05) is 0 Å². The van der Waals surface area contributed by atoms with Gasteiger partial charge in [-0.25, -0.2) is 0 Å². The lowest BCUT2D eigenvalue weighted by Crippen LogP contribution is -2.34. The summed E-state index contributed by atoms with van der Waals surface area (Å²) in [5.41, 5.74) is 1.40. The summed E-state index contributed by atoms with van der Waals surface area (Å²) in [6, 6.07) is 2.08. The summed E-state index contributed by atoms with van der Waals surface area (Å²) >= 11 is 0. The van der Waals surface area contributed by atoms with Crippen molar-refractivity contribution < 1.29 is 5.11 Å². The summed E-state index contributed by atoms with van der Waals surface area (Å²) in [7, 11) is 0. The van der Waals surface area contributed by atoms with E-state index in [0.29, 0.717) is 6.54 Å². The molecule has 3 nitrogen and oxygen atoms in total. The van der Waals surface area contributed by atoms with Gasteiger partial charge in [0, 0.05) is 31.0 Å². The minimum absolute atomic E-state index is 0.145. The van der Waals surface area contributed by atoms with E-state index in [9.17, 15) is 5.11 Å². The Morgan fingerprint density at radius 2 is 2.13 bits per heavy atom. The second-order valence-corrected chi connectivity index (χ2v) is 5.17. The van der Waals surface area contributed by atoms with Crippen molar-refractivity contribution in [3.8, 4) is 0 Å². The number of hydrogen-bond donors (Lipinski definition) is 2. The van der Waals surface area contributed by atoms with Gasteiger partial charge in [0.15, 0.2) is 0 Å². The Kier molecular flexibility index (Phi) is 3.94. The highest BCUT2D eigenvalue weighted by Crippen LogP contribution is 2.05. The molecule has 15 heavy (non-hydrogen) atoms. The van der Waals surface area contributed by atoms with E-state index in [-0.39, 0.29) is 11.6 Å². The molecule has 0 aliphatic heterocycles. The standard InChI is InChI=1S/C12H22N2O/c1-10(15)8-14-6-5-11(9-14)7-13-12(2,3)4/h5-6,9-10,13,15H,7-8H2,1-4H3. The van der Waals surface area contributed by atoms with Crippen molar-refractivity contribution in [2.45, 2.75) is 52.4 Å². The lowest BCUT2D eigenvalue weighted by Gasteiger charge is -2.19. The second kappa shape index (κ2) is 4.81. The van der Waals surface area contributed by atoms with Crippen LogP contribution in [0, 0.1) is 0 Å². The van der Waals surface area contributed by atoms with Crippen LogP contribution in [0.4, 0.5) is 0 Å². The van der Waals surface area contributed by atoms with Crippen molar-refractivity contribution >= 4 is 0 Å². The van der Waals surface area contributed by atoms with Crippen LogP contribution in [0.2, 0.25) is 0 Å². The molecular weight excluding hydrogens is 188 g/mol. The number of nitrogens with zero attached hydrogens (tertiary/aromatic N) is 1. The van der Waals surface area contributed by atoms with E-state index in [1.807, 2.05) is 10.8 Å². The molecule has 1 aromatic rings. The zero-order valence-corrected chi connectivity index (χ0v) is 10.1. The quantitative estimate of drug-likeness (QED) is 0.794. The van der Waals surface area contributed by atoms with E-state index >= 15 is 0 Å². The van der Waals surface area contributed by atoms with Gasteiger partial charge in [-0.05, 0) is 39.3 Å². The Balaban J connectivity index is 2.46. The van der Waals surface area contributed by atoms with Gasteiger partial charge >= 0.3 is 0 Å². The molecule has 0 saturated heterocycles. The van der Waals surface area contributed by atoms with Gasteiger partial charge in [0.05, 0.1) is 6.10 Å². The SMILES string of the molecule is CC(O)Cn1ccc(CNC(C)(C)C)c1. The minimum atomic E-state index is -0.291. The Labute approximate surface area is 92.1 Å². The van der Waals surface area contributed by atoms with E-state index in [4.69, 9.17) is 0 Å². The van der Waals surface area contributed by atoms with Crippen LogP contribution in [-0.4, -0.2) is 21.3 Å². The molecular formula is C12H22N2O. The lowest BCUT2D eigenvalue weighted by atomic mass is 10.1. The Bertz CT molecular complexity index is 297. The maximum absolute atomic E-state index is 9.24. The Morgan fingerprint density at radius 3 is 2.67 bits per heavy atom. The van der Waals surface area contributed by atoms with Crippen molar-refractivity contribution in [1.82, 2.24) is 9.88 Å². The molecule has 1 aromatic heterocycles. The fourth-order valence-electron chi connectivity index (χ4n) is 1.38. The molecule has 0 saturated carbocycles. The van der Waals surface area contributed by atoms with Gasteiger partial charge in [-0.15, -0.1) is 0 Å². The van der Waals surface area contributed by atoms with Gasteiger partial charge < -0.3 is 15.0 Å². The third-order valence-electron chi connectivity index (χ3n) is 2.11. The van der Waals surface area contributed by atoms with Crippen LogP contribution < -0.4 is 5.32 Å². The molecule has 1 rings (SSSR count). The van der Waals surface area contributed by atoms with E-state index in [1.54, 1.807) is 6.92 Å². The number of rotatable bonds is 4. The average molecular weight is 210 g/mol. The van der Waals surface area contributed by atoms with Crippen LogP contribution in [0.5, 0.6) is 0 Å². The molecule has 0 spiro atoms. The number of aliphatic hydroxyl groups is 1. The third-order valence-corrected chi connectivity index (χ3v) is 2.11. The summed E-state index contributed by atoms with van der Waals surface area (Å²) in [4.78, 5) is 0. The fraction of sp³-hybridized carbons (Fsp3) is 0.667. The average Bonchev–Trinajstić information content (AvgIpc) is 2.46. The summed E-state index contributed by atoms with van der Waals surface area (Å²) in [5.74, 6) is 0. The van der Waals surface area contributed by atoms with Crippen LogP contribution in [-0.2, 0) is 13.1 Å². The molecule has 86 valence electrons. The molecule has 2 N–H and O–H groups in total. The summed E-state index contributed by atoms with van der Waals surface area (Å²) in [6.07, 6.45) is 3.79. The van der Waals surface area contributed by atoms with Gasteiger partial charge in [-0.2, -0.15) is 0 Å². The maximum Gasteiger partial charge on any atom is 0.0690 e. The minimum Gasteiger partial charge on any atom is -0.392 e. The van der Waals surface area contributed by atoms with Crippen molar-refractivity contribution in [3.05, 3.63) is 24.0 Å². The smallest absolute Gasteiger partial charge is 0.0690 e. The van der Waals surface area contributed by atoms with Crippen LogP contribution in [0.15, 0.2) is 18.5 Å². The molecule has 0 aliphatic rings. The fourth-order valence-corrected chi connectivity index (χ4v) is 1.38. The first-order chi connectivity index (χ1) is 6.87. The van der Waals surface area contributed by atoms with Crippen molar-refractivity contribution in [1.29, 1.82) is 0 Å². The number of nitrogens with one attached hydrogen (secondary N) is 1. The zero-order chi connectivity index (χ0) is 11.5. The number of hydrogen-bond acceptors (Lipinski definition) is 2. The van der Waals surface area contributed by atoms with E-state index < -0.39 is 0 Å². The molecule has 0 aliphatic carbocycles. The first kappa shape index (κ1) is 12.3. The van der Waals surface area contributed by atoms with E-state index in [1.165, 1.54) is 5.56 Å². The highest BCUT2D eigenvalue weighted by molar-refractivity contribution is 5.10. The molecule has 0 radical (unpaired) electrons. The van der Waals surface area contributed by atoms with Crippen LogP contribution in [0.1, 0.15) is 33.3 Å². The molecule has 0 amide bonds. The van der Waals surface area contributed by atoms with Crippen LogP contribution in [0.25, 0.3) is 0 Å². The van der Waals surface area contributed by atoms with Gasteiger partial charge in [-0.1, -0.05) is 0 Å². The molecule has 1 heterocycles. The molecule has 1 unspecified atom stereocenters. The first-order valence-corrected chi connectivity index (χ1v) is 5.44. The molecule has 0 aromatic carbocycles. The predicted molar refractivity (Wildman–Crippen MR) is 62.7 cm³/mol. The third kappa shape index (κ3) is 5.00. The Hall–Kier alpha value is -0.800. The van der Waals surface area contributed by atoms with Gasteiger partial charge in [0.1, 0.15) is 0 Å². The highest BCUT2D eigenvalue weighted by Gasteiger charge is 2.08. The molecule has 0 bridgehead atoms. The second-order valence-electron chi connectivity index (χ2n) is 5.17. The Morgan fingerprint density at radius 1 is 1.47 bits per heavy atom. The predicted octanol–water partition coefficient (Wildman–Crippen LogP) is 1.76. The summed E-state index contributed by atoms with van der Waals surface area (Å²) < 4.78 is 2.02. The van der Waals surface area contributed by atoms with E-state index in [0.717, 1.165) is 6.54 Å². The largest absolute Gasteiger partial charge is 0.392 e. The molecule has 0 fully saturated rings. The van der Waals surface area contributed by atoms with E-state index in [2.05, 4.69) is 38.4 Å². The zero-order valence-electron chi connectivity index (χ0n) is 10.1. The van der Waals surface area contributed by atoms with Crippen molar-refractivity contribution in [2.24, 2.45) is 0 Å². The topological polar surface area (TPSA) is 37.2 Å².